The number of fused-ring (bicyclic) bond motifs is 1. The van der Waals surface area contributed by atoms with E-state index in [0.717, 1.165) is 19.4 Å². The van der Waals surface area contributed by atoms with Crippen molar-refractivity contribution in [3.05, 3.63) is 77.9 Å². The molecule has 1 N–H and O–H groups in total. The molecule has 154 valence electrons. The zero-order valence-corrected chi connectivity index (χ0v) is 17.5. The number of nitrogens with zero attached hydrogens (tertiary/aromatic N) is 2. The van der Waals surface area contributed by atoms with E-state index in [4.69, 9.17) is 0 Å². The van der Waals surface area contributed by atoms with Crippen molar-refractivity contribution in [3.63, 3.8) is 0 Å². The van der Waals surface area contributed by atoms with Gasteiger partial charge < -0.3 is 10.2 Å². The van der Waals surface area contributed by atoms with Crippen molar-refractivity contribution in [3.8, 4) is 0 Å². The van der Waals surface area contributed by atoms with Crippen LogP contribution in [-0.4, -0.2) is 48.8 Å². The second-order valence-corrected chi connectivity index (χ2v) is 8.02. The van der Waals surface area contributed by atoms with Crippen molar-refractivity contribution in [1.82, 2.24) is 9.80 Å². The van der Waals surface area contributed by atoms with Gasteiger partial charge in [-0.15, -0.1) is 0 Å². The third-order valence-corrected chi connectivity index (χ3v) is 5.71. The number of rotatable bonds is 5. The maximum absolute atomic E-state index is 12.7. The molecule has 4 rings (SSSR count). The SMILES string of the molecule is CN(C)C(=O)c1ccc(NC(=O)CN2CCCC2c2cccc3ccccc23)cc1. The minimum absolute atomic E-state index is 0.0335. The molecule has 5 nitrogen and oxygen atoms in total. The molecule has 0 bridgehead atoms. The minimum atomic E-state index is -0.0529. The maximum Gasteiger partial charge on any atom is 0.253 e. The van der Waals surface area contributed by atoms with Gasteiger partial charge in [0, 0.05) is 31.4 Å². The zero-order valence-electron chi connectivity index (χ0n) is 17.5. The summed E-state index contributed by atoms with van der Waals surface area (Å²) in [4.78, 5) is 28.5. The fourth-order valence-corrected chi connectivity index (χ4v) is 4.25. The molecule has 0 aromatic heterocycles. The van der Waals surface area contributed by atoms with Crippen LogP contribution >= 0.6 is 0 Å². The van der Waals surface area contributed by atoms with Crippen LogP contribution in [0, 0.1) is 0 Å². The summed E-state index contributed by atoms with van der Waals surface area (Å²) < 4.78 is 0. The minimum Gasteiger partial charge on any atom is -0.345 e. The van der Waals surface area contributed by atoms with Gasteiger partial charge in [-0.3, -0.25) is 14.5 Å². The second-order valence-electron chi connectivity index (χ2n) is 8.02. The Bertz CT molecular complexity index is 1050. The summed E-state index contributed by atoms with van der Waals surface area (Å²) in [6.07, 6.45) is 2.14. The highest BCUT2D eigenvalue weighted by Gasteiger charge is 2.28. The highest BCUT2D eigenvalue weighted by atomic mass is 16.2. The fraction of sp³-hybridized carbons (Fsp3) is 0.280. The maximum atomic E-state index is 12.7. The largest absolute Gasteiger partial charge is 0.345 e. The number of anilines is 1. The number of nitrogens with one attached hydrogen (secondary N) is 1. The third-order valence-electron chi connectivity index (χ3n) is 5.71. The molecule has 3 aromatic rings. The second kappa shape index (κ2) is 8.67. The van der Waals surface area contributed by atoms with E-state index in [1.165, 1.54) is 21.2 Å². The van der Waals surface area contributed by atoms with Crippen LogP contribution in [-0.2, 0) is 4.79 Å². The summed E-state index contributed by atoms with van der Waals surface area (Å²) >= 11 is 0. The van der Waals surface area contributed by atoms with E-state index < -0.39 is 0 Å². The van der Waals surface area contributed by atoms with Crippen LogP contribution in [0.15, 0.2) is 66.7 Å². The first-order valence-corrected chi connectivity index (χ1v) is 10.4. The molecule has 1 heterocycles. The van der Waals surface area contributed by atoms with Gasteiger partial charge in [-0.25, -0.2) is 0 Å². The van der Waals surface area contributed by atoms with E-state index in [1.54, 1.807) is 38.4 Å². The number of amides is 2. The lowest BCUT2D eigenvalue weighted by molar-refractivity contribution is -0.117. The summed E-state index contributed by atoms with van der Waals surface area (Å²) in [6, 6.07) is 22.1. The van der Waals surface area contributed by atoms with E-state index in [2.05, 4.69) is 52.7 Å². The van der Waals surface area contributed by atoms with Crippen LogP contribution in [0.5, 0.6) is 0 Å². The zero-order chi connectivity index (χ0) is 21.1. The number of hydrogen-bond acceptors (Lipinski definition) is 3. The van der Waals surface area contributed by atoms with Crippen molar-refractivity contribution in [1.29, 1.82) is 0 Å². The van der Waals surface area contributed by atoms with Crippen molar-refractivity contribution in [2.45, 2.75) is 18.9 Å². The van der Waals surface area contributed by atoms with Gasteiger partial charge in [0.05, 0.1) is 6.54 Å². The molecule has 3 aromatic carbocycles. The molecule has 2 amide bonds. The standard InChI is InChI=1S/C25H27N3O2/c1-27(2)25(30)19-12-14-20(15-13-19)26-24(29)17-28-16-6-11-23(28)22-10-5-8-18-7-3-4-9-21(18)22/h3-5,7-10,12-15,23H,6,11,16-17H2,1-2H3,(H,26,29). The first kappa shape index (κ1) is 20.1. The molecule has 0 spiro atoms. The normalized spacial score (nSPS) is 16.5. The van der Waals surface area contributed by atoms with Gasteiger partial charge in [-0.1, -0.05) is 42.5 Å². The Balaban J connectivity index is 1.44. The van der Waals surface area contributed by atoms with Gasteiger partial charge in [-0.05, 0) is 60.0 Å². The monoisotopic (exact) mass is 401 g/mol. The molecule has 1 saturated heterocycles. The third kappa shape index (κ3) is 4.21. The Kier molecular flexibility index (Phi) is 5.81. The van der Waals surface area contributed by atoms with E-state index in [-0.39, 0.29) is 17.9 Å². The molecule has 0 saturated carbocycles. The van der Waals surface area contributed by atoms with E-state index >= 15 is 0 Å². The van der Waals surface area contributed by atoms with Crippen molar-refractivity contribution >= 4 is 28.3 Å². The summed E-state index contributed by atoms with van der Waals surface area (Å²) in [6.45, 7) is 1.27. The average molecular weight is 402 g/mol. The fourth-order valence-electron chi connectivity index (χ4n) is 4.25. The molecular weight excluding hydrogens is 374 g/mol. The molecule has 1 unspecified atom stereocenters. The Morgan fingerprint density at radius 2 is 1.73 bits per heavy atom. The topological polar surface area (TPSA) is 52.7 Å². The average Bonchev–Trinajstić information content (AvgIpc) is 3.21. The summed E-state index contributed by atoms with van der Waals surface area (Å²) in [7, 11) is 3.45. The van der Waals surface area contributed by atoms with Crippen LogP contribution in [0.2, 0.25) is 0 Å². The lowest BCUT2D eigenvalue weighted by atomic mass is 9.97. The van der Waals surface area contributed by atoms with Crippen molar-refractivity contribution in [2.75, 3.05) is 32.5 Å². The Hall–Kier alpha value is -3.18. The first-order valence-electron chi connectivity index (χ1n) is 10.4. The molecule has 0 radical (unpaired) electrons. The predicted molar refractivity (Wildman–Crippen MR) is 121 cm³/mol. The van der Waals surface area contributed by atoms with Gasteiger partial charge in [0.15, 0.2) is 0 Å². The smallest absolute Gasteiger partial charge is 0.253 e. The van der Waals surface area contributed by atoms with E-state index in [0.29, 0.717) is 17.8 Å². The van der Waals surface area contributed by atoms with Crippen LogP contribution in [0.3, 0.4) is 0 Å². The number of benzene rings is 3. The quantitative estimate of drug-likeness (QED) is 0.693. The van der Waals surface area contributed by atoms with E-state index in [1.807, 2.05) is 0 Å². The molecule has 0 aliphatic carbocycles. The summed E-state index contributed by atoms with van der Waals surface area (Å²) in [5.41, 5.74) is 2.61. The Morgan fingerprint density at radius 1 is 1.00 bits per heavy atom. The highest BCUT2D eigenvalue weighted by molar-refractivity contribution is 5.96. The molecule has 30 heavy (non-hydrogen) atoms. The van der Waals surface area contributed by atoms with Crippen LogP contribution in [0.4, 0.5) is 5.69 Å². The van der Waals surface area contributed by atoms with Crippen LogP contribution in [0.25, 0.3) is 10.8 Å². The molecular formula is C25H27N3O2. The number of likely N-dealkylation sites (tertiary alicyclic amines) is 1. The van der Waals surface area contributed by atoms with E-state index in [9.17, 15) is 9.59 Å². The van der Waals surface area contributed by atoms with Crippen molar-refractivity contribution < 1.29 is 9.59 Å². The summed E-state index contributed by atoms with van der Waals surface area (Å²) in [5, 5.41) is 5.47. The van der Waals surface area contributed by atoms with Gasteiger partial charge >= 0.3 is 0 Å². The molecule has 1 aliphatic rings. The number of carbonyl (C=O) groups excluding carboxylic acids is 2. The van der Waals surface area contributed by atoms with Gasteiger partial charge in [-0.2, -0.15) is 0 Å². The van der Waals surface area contributed by atoms with Gasteiger partial charge in [0.1, 0.15) is 0 Å². The van der Waals surface area contributed by atoms with Gasteiger partial charge in [0.25, 0.3) is 5.91 Å². The lowest BCUT2D eigenvalue weighted by Gasteiger charge is -2.25. The molecule has 1 atom stereocenters. The first-order chi connectivity index (χ1) is 14.5. The van der Waals surface area contributed by atoms with Crippen LogP contribution in [0.1, 0.15) is 34.8 Å². The molecule has 5 heteroatoms. The molecule has 1 aliphatic heterocycles. The summed E-state index contributed by atoms with van der Waals surface area (Å²) in [5.74, 6) is -0.0864. The molecule has 1 fully saturated rings. The van der Waals surface area contributed by atoms with Gasteiger partial charge in [0.2, 0.25) is 5.91 Å². The van der Waals surface area contributed by atoms with Crippen molar-refractivity contribution in [2.24, 2.45) is 0 Å². The number of hydrogen-bond donors (Lipinski definition) is 1. The lowest BCUT2D eigenvalue weighted by Crippen LogP contribution is -2.33. The Labute approximate surface area is 177 Å². The number of carbonyl (C=O) groups is 2. The highest BCUT2D eigenvalue weighted by Crippen LogP contribution is 2.35. The van der Waals surface area contributed by atoms with Crippen LogP contribution < -0.4 is 5.32 Å². The Morgan fingerprint density at radius 3 is 2.50 bits per heavy atom. The predicted octanol–water partition coefficient (Wildman–Crippen LogP) is 4.32.